The molecule has 1 aliphatic heterocycles. The van der Waals surface area contributed by atoms with Gasteiger partial charge in [0.1, 0.15) is 4.90 Å². The highest BCUT2D eigenvalue weighted by molar-refractivity contribution is 7.90. The summed E-state index contributed by atoms with van der Waals surface area (Å²) in [6, 6.07) is 8.93. The van der Waals surface area contributed by atoms with Crippen molar-refractivity contribution in [2.75, 3.05) is 13.1 Å². The molecule has 0 bridgehead atoms. The Bertz CT molecular complexity index is 659. The van der Waals surface area contributed by atoms with Crippen LogP contribution in [0.3, 0.4) is 0 Å². The Kier molecular flexibility index (Phi) is 3.58. The van der Waals surface area contributed by atoms with E-state index in [-0.39, 0.29) is 10.8 Å². The first-order chi connectivity index (χ1) is 8.99. The Morgan fingerprint density at radius 1 is 1.42 bits per heavy atom. The minimum Gasteiger partial charge on any atom is -0.354 e. The molecular weight excluding hydrogens is 262 g/mol. The Balaban J connectivity index is 2.44. The molecule has 0 amide bonds. The molecule has 0 spiro atoms. The summed E-state index contributed by atoms with van der Waals surface area (Å²) < 4.78 is 27.8. The summed E-state index contributed by atoms with van der Waals surface area (Å²) in [6.07, 6.45) is 0. The van der Waals surface area contributed by atoms with Gasteiger partial charge < -0.3 is 4.90 Å². The highest BCUT2D eigenvalue weighted by atomic mass is 32.2. The van der Waals surface area contributed by atoms with E-state index in [0.717, 1.165) is 0 Å². The van der Waals surface area contributed by atoms with Crippen LogP contribution in [-0.4, -0.2) is 32.2 Å². The van der Waals surface area contributed by atoms with Gasteiger partial charge in [-0.3, -0.25) is 0 Å². The summed E-state index contributed by atoms with van der Waals surface area (Å²) in [7, 11) is -3.59. The maximum atomic E-state index is 12.0. The number of hydrogen-bond acceptors (Lipinski definition) is 4. The number of amidine groups is 1. The van der Waals surface area contributed by atoms with Crippen molar-refractivity contribution in [3.63, 3.8) is 0 Å². The van der Waals surface area contributed by atoms with Gasteiger partial charge in [-0.25, -0.2) is 0 Å². The molecule has 0 saturated carbocycles. The molecule has 0 N–H and O–H groups in total. The molecular formula is C13H15N3O2S. The third kappa shape index (κ3) is 2.47. The first-order valence-electron chi connectivity index (χ1n) is 6.08. The van der Waals surface area contributed by atoms with Crippen molar-refractivity contribution in [2.24, 2.45) is 10.3 Å². The van der Waals surface area contributed by atoms with Crippen LogP contribution in [0.5, 0.6) is 0 Å². The van der Waals surface area contributed by atoms with Gasteiger partial charge in [-0.05, 0) is 26.0 Å². The largest absolute Gasteiger partial charge is 0.354 e. The van der Waals surface area contributed by atoms with Crippen molar-refractivity contribution in [2.45, 2.75) is 18.7 Å². The number of sulfonamides is 1. The number of nitriles is 1. The molecule has 6 heteroatoms. The van der Waals surface area contributed by atoms with Gasteiger partial charge in [-0.1, -0.05) is 12.1 Å². The number of fused-ring (bicyclic) bond motifs is 1. The lowest BCUT2D eigenvalue weighted by Crippen LogP contribution is -2.34. The van der Waals surface area contributed by atoms with E-state index in [2.05, 4.69) is 10.5 Å². The predicted molar refractivity (Wildman–Crippen MR) is 72.2 cm³/mol. The number of benzene rings is 1. The van der Waals surface area contributed by atoms with Crippen LogP contribution in [-0.2, 0) is 10.0 Å². The van der Waals surface area contributed by atoms with Crippen LogP contribution in [0.2, 0.25) is 0 Å². The molecule has 1 heterocycles. The fraction of sp³-hybridized carbons (Fsp3) is 0.385. The van der Waals surface area contributed by atoms with Crippen LogP contribution in [0.1, 0.15) is 19.4 Å². The Hall–Kier alpha value is -1.87. The molecule has 1 atom stereocenters. The molecule has 100 valence electrons. The monoisotopic (exact) mass is 277 g/mol. The van der Waals surface area contributed by atoms with Gasteiger partial charge in [-0.2, -0.15) is 13.7 Å². The van der Waals surface area contributed by atoms with Crippen molar-refractivity contribution in [1.82, 2.24) is 4.90 Å². The minimum absolute atomic E-state index is 0.182. The first-order valence-corrected chi connectivity index (χ1v) is 7.52. The van der Waals surface area contributed by atoms with E-state index in [4.69, 9.17) is 5.26 Å². The minimum atomic E-state index is -3.59. The van der Waals surface area contributed by atoms with Gasteiger partial charge in [0.05, 0.1) is 12.0 Å². The average molecular weight is 277 g/mol. The van der Waals surface area contributed by atoms with Crippen LogP contribution in [0.15, 0.2) is 33.6 Å². The summed E-state index contributed by atoms with van der Waals surface area (Å²) in [4.78, 5) is 2.07. The van der Waals surface area contributed by atoms with Crippen molar-refractivity contribution in [1.29, 1.82) is 5.26 Å². The zero-order valence-corrected chi connectivity index (χ0v) is 11.7. The van der Waals surface area contributed by atoms with Crippen LogP contribution in [0.4, 0.5) is 0 Å². The number of nitrogens with zero attached hydrogens (tertiary/aromatic N) is 3. The smallest absolute Gasteiger partial charge is 0.285 e. The summed E-state index contributed by atoms with van der Waals surface area (Å²) in [5, 5.41) is 8.89. The second kappa shape index (κ2) is 5.02. The number of hydrogen-bond donors (Lipinski definition) is 0. The molecule has 2 rings (SSSR count). The first kappa shape index (κ1) is 13.6. The van der Waals surface area contributed by atoms with E-state index in [0.29, 0.717) is 24.5 Å². The zero-order chi connectivity index (χ0) is 14.0. The van der Waals surface area contributed by atoms with Crippen LogP contribution < -0.4 is 0 Å². The maximum absolute atomic E-state index is 12.0. The van der Waals surface area contributed by atoms with Gasteiger partial charge in [-0.15, -0.1) is 4.40 Å². The molecule has 1 unspecified atom stereocenters. The second-order valence-corrected chi connectivity index (χ2v) is 6.03. The molecule has 1 aromatic carbocycles. The fourth-order valence-electron chi connectivity index (χ4n) is 2.05. The summed E-state index contributed by atoms with van der Waals surface area (Å²) >= 11 is 0. The van der Waals surface area contributed by atoms with E-state index in [1.165, 1.54) is 0 Å². The molecule has 0 fully saturated rings. The third-order valence-electron chi connectivity index (χ3n) is 3.01. The highest BCUT2D eigenvalue weighted by Crippen LogP contribution is 2.27. The molecule has 0 aliphatic carbocycles. The highest BCUT2D eigenvalue weighted by Gasteiger charge is 2.31. The van der Waals surface area contributed by atoms with Gasteiger partial charge in [0.25, 0.3) is 10.0 Å². The number of rotatable bonds is 3. The predicted octanol–water partition coefficient (Wildman–Crippen LogP) is 1.62. The van der Waals surface area contributed by atoms with E-state index >= 15 is 0 Å². The maximum Gasteiger partial charge on any atom is 0.285 e. The average Bonchev–Trinajstić information content (AvgIpc) is 2.68. The van der Waals surface area contributed by atoms with Gasteiger partial charge in [0.15, 0.2) is 5.84 Å². The fourth-order valence-corrected chi connectivity index (χ4v) is 3.28. The lowest BCUT2D eigenvalue weighted by Gasteiger charge is -2.23. The van der Waals surface area contributed by atoms with Crippen molar-refractivity contribution in [3.8, 4) is 6.07 Å². The van der Waals surface area contributed by atoms with Crippen molar-refractivity contribution >= 4 is 15.9 Å². The topological polar surface area (TPSA) is 73.5 Å². The molecule has 1 aliphatic rings. The van der Waals surface area contributed by atoms with E-state index < -0.39 is 10.0 Å². The van der Waals surface area contributed by atoms with E-state index in [9.17, 15) is 8.42 Å². The summed E-state index contributed by atoms with van der Waals surface area (Å²) in [5.41, 5.74) is 0.620. The van der Waals surface area contributed by atoms with E-state index in [1.54, 1.807) is 31.2 Å². The van der Waals surface area contributed by atoms with Gasteiger partial charge >= 0.3 is 0 Å². The summed E-state index contributed by atoms with van der Waals surface area (Å²) in [6.45, 7) is 4.79. The lowest BCUT2D eigenvalue weighted by molar-refractivity contribution is 0.405. The van der Waals surface area contributed by atoms with Crippen LogP contribution in [0.25, 0.3) is 0 Å². The van der Waals surface area contributed by atoms with Gasteiger partial charge in [0, 0.05) is 18.7 Å². The quantitative estimate of drug-likeness (QED) is 0.841. The lowest BCUT2D eigenvalue weighted by atomic mass is 10.1. The Labute approximate surface area is 113 Å². The zero-order valence-electron chi connectivity index (χ0n) is 10.9. The molecule has 0 radical (unpaired) electrons. The molecule has 0 aromatic heterocycles. The van der Waals surface area contributed by atoms with Crippen molar-refractivity contribution < 1.29 is 8.42 Å². The molecule has 5 nitrogen and oxygen atoms in total. The van der Waals surface area contributed by atoms with Gasteiger partial charge in [0.2, 0.25) is 0 Å². The molecule has 1 aromatic rings. The van der Waals surface area contributed by atoms with Crippen LogP contribution in [0, 0.1) is 17.2 Å². The van der Waals surface area contributed by atoms with Crippen LogP contribution >= 0.6 is 0 Å². The second-order valence-electron chi connectivity index (χ2n) is 4.45. The van der Waals surface area contributed by atoms with Crippen molar-refractivity contribution in [3.05, 3.63) is 29.8 Å². The summed E-state index contributed by atoms with van der Waals surface area (Å²) in [5.74, 6) is 0.262. The molecule has 0 saturated heterocycles. The Morgan fingerprint density at radius 3 is 2.74 bits per heavy atom. The Morgan fingerprint density at radius 2 is 2.11 bits per heavy atom. The molecule has 19 heavy (non-hydrogen) atoms. The third-order valence-corrected chi connectivity index (χ3v) is 4.33. The normalized spacial score (nSPS) is 17.2. The van der Waals surface area contributed by atoms with E-state index in [1.807, 2.05) is 11.8 Å². The standard InChI is InChI=1S/C13H15N3O2S/c1-3-16(9-10(2)8-14)13-11-6-4-5-7-12(11)19(17,18)15-13/h4-7,10H,3,9H2,1-2H3. The SMILES string of the molecule is CCN(CC(C)C#N)C1=NS(=O)(=O)c2ccccc21.